The lowest BCUT2D eigenvalue weighted by atomic mass is 10.4. The van der Waals surface area contributed by atoms with E-state index in [2.05, 4.69) is 4.62 Å². The first-order chi connectivity index (χ1) is 11.2. The maximum atomic E-state index is 12.2. The highest BCUT2D eigenvalue weighted by atomic mass is 31.2. The van der Waals surface area contributed by atoms with Gasteiger partial charge in [-0.25, -0.2) is 15.1 Å². The minimum absolute atomic E-state index is 0.138. The molecule has 1 heterocycles. The molecule has 24 heavy (non-hydrogen) atoms. The van der Waals surface area contributed by atoms with Gasteiger partial charge >= 0.3 is 19.8 Å². The Kier molecular flexibility index (Phi) is 8.78. The van der Waals surface area contributed by atoms with Crippen molar-refractivity contribution in [2.45, 2.75) is 39.3 Å². The Labute approximate surface area is 139 Å². The van der Waals surface area contributed by atoms with Crippen LogP contribution in [0.25, 0.3) is 0 Å². The van der Waals surface area contributed by atoms with Crippen LogP contribution in [0.5, 0.6) is 0 Å². The van der Waals surface area contributed by atoms with E-state index >= 15 is 0 Å². The minimum atomic E-state index is -4.11. The molecule has 140 valence electrons. The molecule has 0 aliphatic carbocycles. The third-order valence-electron chi connectivity index (χ3n) is 2.67. The molecule has 0 amide bonds. The van der Waals surface area contributed by atoms with Crippen molar-refractivity contribution >= 4 is 19.8 Å². The van der Waals surface area contributed by atoms with Gasteiger partial charge in [-0.2, -0.15) is 0 Å². The standard InChI is InChI=1S/C12H22NO10P/c1-8(14)17-4-11(21-9(2)15)6-19-24(16,23-13)20-7-12-5-18-10(3)22-12/h10-12H,4-7,13H2,1-3H3/t10?,11-,12?,24?/m1/s1. The number of hydrogen-bond acceptors (Lipinski definition) is 11. The van der Waals surface area contributed by atoms with Crippen molar-refractivity contribution in [2.24, 2.45) is 5.90 Å². The van der Waals surface area contributed by atoms with Gasteiger partial charge in [0.2, 0.25) is 0 Å². The van der Waals surface area contributed by atoms with E-state index < -0.39 is 44.9 Å². The first-order valence-corrected chi connectivity index (χ1v) is 8.55. The predicted octanol–water partition coefficient (Wildman–Crippen LogP) is 0.274. The summed E-state index contributed by atoms with van der Waals surface area (Å²) in [6.45, 7) is 3.47. The van der Waals surface area contributed by atoms with Crippen molar-refractivity contribution in [1.29, 1.82) is 0 Å². The molecular formula is C12H22NO10P. The second kappa shape index (κ2) is 10.0. The molecule has 1 fully saturated rings. The molecule has 1 aliphatic heterocycles. The minimum Gasteiger partial charge on any atom is -0.462 e. The highest BCUT2D eigenvalue weighted by Gasteiger charge is 2.32. The molecule has 1 saturated heterocycles. The van der Waals surface area contributed by atoms with E-state index in [1.165, 1.54) is 6.92 Å². The highest BCUT2D eigenvalue weighted by molar-refractivity contribution is 7.48. The van der Waals surface area contributed by atoms with Crippen LogP contribution in [0.1, 0.15) is 20.8 Å². The molecule has 0 aromatic carbocycles. The predicted molar refractivity (Wildman–Crippen MR) is 77.3 cm³/mol. The summed E-state index contributed by atoms with van der Waals surface area (Å²) >= 11 is 0. The first-order valence-electron chi connectivity index (χ1n) is 7.09. The van der Waals surface area contributed by atoms with Crippen LogP contribution in [0.15, 0.2) is 0 Å². The van der Waals surface area contributed by atoms with Gasteiger partial charge in [-0.1, -0.05) is 0 Å². The molecule has 0 bridgehead atoms. The van der Waals surface area contributed by atoms with Crippen LogP contribution in [-0.4, -0.2) is 56.9 Å². The van der Waals surface area contributed by atoms with Crippen LogP contribution in [0.3, 0.4) is 0 Å². The summed E-state index contributed by atoms with van der Waals surface area (Å²) in [5.74, 6) is 3.74. The average Bonchev–Trinajstić information content (AvgIpc) is 2.93. The second-order valence-corrected chi connectivity index (χ2v) is 6.46. The van der Waals surface area contributed by atoms with Gasteiger partial charge in [0.1, 0.15) is 12.7 Å². The fourth-order valence-electron chi connectivity index (χ4n) is 1.69. The highest BCUT2D eigenvalue weighted by Crippen LogP contribution is 2.48. The number of rotatable bonds is 10. The fourth-order valence-corrected chi connectivity index (χ4v) is 2.58. The number of phosphoric ester groups is 1. The van der Waals surface area contributed by atoms with Gasteiger partial charge in [-0.05, 0) is 6.92 Å². The molecule has 2 N–H and O–H groups in total. The van der Waals surface area contributed by atoms with Crippen molar-refractivity contribution in [3.8, 4) is 0 Å². The zero-order chi connectivity index (χ0) is 18.2. The number of nitrogens with two attached hydrogens (primary N) is 1. The molecule has 11 nitrogen and oxygen atoms in total. The van der Waals surface area contributed by atoms with E-state index in [1.54, 1.807) is 6.92 Å². The summed E-state index contributed by atoms with van der Waals surface area (Å²) in [5.41, 5.74) is 0. The maximum Gasteiger partial charge on any atom is 0.491 e. The van der Waals surface area contributed by atoms with Crippen molar-refractivity contribution in [3.05, 3.63) is 0 Å². The molecule has 1 rings (SSSR count). The Morgan fingerprint density at radius 3 is 2.46 bits per heavy atom. The number of hydrogen-bond donors (Lipinski definition) is 1. The Hall–Kier alpha value is -1.07. The Balaban J connectivity index is 2.48. The normalized spacial score (nSPS) is 24.2. The van der Waals surface area contributed by atoms with Crippen LogP contribution in [-0.2, 0) is 46.8 Å². The Morgan fingerprint density at radius 2 is 1.96 bits per heavy atom. The largest absolute Gasteiger partial charge is 0.491 e. The number of phosphoric acid groups is 1. The number of ether oxygens (including phenoxy) is 4. The van der Waals surface area contributed by atoms with Crippen molar-refractivity contribution in [3.63, 3.8) is 0 Å². The van der Waals surface area contributed by atoms with Gasteiger partial charge in [-0.15, -0.1) is 0 Å². The quantitative estimate of drug-likeness (QED) is 0.321. The second-order valence-electron chi connectivity index (χ2n) is 4.84. The van der Waals surface area contributed by atoms with Crippen molar-refractivity contribution in [1.82, 2.24) is 0 Å². The third kappa shape index (κ3) is 8.15. The Bertz CT molecular complexity index is 473. The topological polar surface area (TPSA) is 142 Å². The lowest BCUT2D eigenvalue weighted by molar-refractivity contribution is -0.158. The maximum absolute atomic E-state index is 12.2. The van der Waals surface area contributed by atoms with Gasteiger partial charge in [0.05, 0.1) is 19.8 Å². The summed E-state index contributed by atoms with van der Waals surface area (Å²) in [4.78, 5) is 21.8. The van der Waals surface area contributed by atoms with Gasteiger partial charge in [0.25, 0.3) is 0 Å². The molecule has 12 heteroatoms. The summed E-state index contributed by atoms with van der Waals surface area (Å²) < 4.78 is 46.5. The van der Waals surface area contributed by atoms with Crippen molar-refractivity contribution in [2.75, 3.05) is 26.4 Å². The lowest BCUT2D eigenvalue weighted by Gasteiger charge is -2.20. The molecule has 0 spiro atoms. The molecule has 1 aliphatic rings. The molecule has 3 unspecified atom stereocenters. The monoisotopic (exact) mass is 371 g/mol. The van der Waals surface area contributed by atoms with E-state index in [0.29, 0.717) is 0 Å². The van der Waals surface area contributed by atoms with Gasteiger partial charge in [-0.3, -0.25) is 18.6 Å². The fraction of sp³-hybridized carbons (Fsp3) is 0.833. The van der Waals surface area contributed by atoms with Gasteiger partial charge < -0.3 is 18.9 Å². The summed E-state index contributed by atoms with van der Waals surface area (Å²) in [6, 6.07) is 0. The zero-order valence-electron chi connectivity index (χ0n) is 13.7. The third-order valence-corrected chi connectivity index (χ3v) is 3.86. The Morgan fingerprint density at radius 1 is 1.25 bits per heavy atom. The van der Waals surface area contributed by atoms with E-state index in [0.717, 1.165) is 6.92 Å². The van der Waals surface area contributed by atoms with Crippen molar-refractivity contribution < 1.29 is 46.8 Å². The zero-order valence-corrected chi connectivity index (χ0v) is 14.6. The van der Waals surface area contributed by atoms with Gasteiger partial charge in [0.15, 0.2) is 12.4 Å². The van der Waals surface area contributed by atoms with Gasteiger partial charge in [0, 0.05) is 13.8 Å². The van der Waals surface area contributed by atoms with E-state index in [1.807, 2.05) is 0 Å². The molecule has 0 radical (unpaired) electrons. The molecular weight excluding hydrogens is 349 g/mol. The smallest absolute Gasteiger partial charge is 0.462 e. The van der Waals surface area contributed by atoms with Crippen LogP contribution in [0, 0.1) is 0 Å². The SMILES string of the molecule is CC(=O)OC[C@H](COP(=O)(ON)OCC1COC(C)O1)OC(C)=O. The van der Waals surface area contributed by atoms with Crippen LogP contribution in [0.2, 0.25) is 0 Å². The molecule has 0 aromatic heterocycles. The summed E-state index contributed by atoms with van der Waals surface area (Å²) in [5, 5.41) is 0. The van der Waals surface area contributed by atoms with Crippen LogP contribution in [0.4, 0.5) is 0 Å². The number of esters is 2. The number of carbonyl (C=O) groups is 2. The molecule has 0 aromatic rings. The van der Waals surface area contributed by atoms with Crippen LogP contribution >= 0.6 is 7.82 Å². The van der Waals surface area contributed by atoms with E-state index in [9.17, 15) is 14.2 Å². The van der Waals surface area contributed by atoms with E-state index in [4.69, 9.17) is 33.9 Å². The van der Waals surface area contributed by atoms with Crippen LogP contribution < -0.4 is 5.90 Å². The summed E-state index contributed by atoms with van der Waals surface area (Å²) in [7, 11) is -4.11. The average molecular weight is 371 g/mol. The lowest BCUT2D eigenvalue weighted by Crippen LogP contribution is -2.29. The molecule has 4 atom stereocenters. The summed E-state index contributed by atoms with van der Waals surface area (Å²) in [6.07, 6.45) is -1.84. The first kappa shape index (κ1) is 21.0. The van der Waals surface area contributed by atoms with E-state index in [-0.39, 0.29) is 19.8 Å². The molecule has 0 saturated carbocycles. The number of carbonyl (C=O) groups excluding carboxylic acids is 2.